The molecule has 0 saturated carbocycles. The van der Waals surface area contributed by atoms with Gasteiger partial charge in [0.05, 0.1) is 22.3 Å². The first kappa shape index (κ1) is 17.0. The molecule has 2 N–H and O–H groups in total. The second-order valence-electron chi connectivity index (χ2n) is 5.28. The zero-order valence-corrected chi connectivity index (χ0v) is 14.7. The second kappa shape index (κ2) is 7.39. The molecule has 0 radical (unpaired) electrons. The fraction of sp³-hybridized carbons (Fsp3) is 0.0556. The molecule has 5 nitrogen and oxygen atoms in total. The van der Waals surface area contributed by atoms with Gasteiger partial charge in [0, 0.05) is 22.5 Å². The lowest BCUT2D eigenvalue weighted by Crippen LogP contribution is -2.02. The van der Waals surface area contributed by atoms with Crippen LogP contribution in [0.5, 0.6) is 0 Å². The van der Waals surface area contributed by atoms with Crippen LogP contribution in [0, 0.1) is 18.3 Å². The van der Waals surface area contributed by atoms with Crippen molar-refractivity contribution in [3.63, 3.8) is 0 Å². The van der Waals surface area contributed by atoms with Gasteiger partial charge in [0.1, 0.15) is 5.82 Å². The minimum Gasteiger partial charge on any atom is -0.339 e. The van der Waals surface area contributed by atoms with Gasteiger partial charge in [-0.25, -0.2) is 4.98 Å². The Morgan fingerprint density at radius 3 is 2.40 bits per heavy atom. The van der Waals surface area contributed by atoms with Crippen molar-refractivity contribution in [2.45, 2.75) is 6.92 Å². The average Bonchev–Trinajstić information content (AvgIpc) is 2.58. The Morgan fingerprint density at radius 2 is 1.72 bits per heavy atom. The first-order valence-corrected chi connectivity index (χ1v) is 8.14. The fourth-order valence-electron chi connectivity index (χ4n) is 2.17. The normalized spacial score (nSPS) is 10.2. The Morgan fingerprint density at radius 1 is 0.960 bits per heavy atom. The predicted octanol–water partition coefficient (Wildman–Crippen LogP) is 5.45. The van der Waals surface area contributed by atoms with Crippen LogP contribution in [0.15, 0.2) is 48.5 Å². The molecule has 0 saturated heterocycles. The highest BCUT2D eigenvalue weighted by Gasteiger charge is 2.06. The Hall–Kier alpha value is -2.81. The summed E-state index contributed by atoms with van der Waals surface area (Å²) in [6.45, 7) is 1.88. The summed E-state index contributed by atoms with van der Waals surface area (Å²) in [5, 5.41) is 16.2. The molecule has 0 aliphatic rings. The molecule has 0 fully saturated rings. The third-order valence-corrected chi connectivity index (χ3v) is 3.87. The van der Waals surface area contributed by atoms with E-state index in [4.69, 9.17) is 28.5 Å². The van der Waals surface area contributed by atoms with Crippen LogP contribution in [-0.2, 0) is 0 Å². The van der Waals surface area contributed by atoms with Crippen LogP contribution in [0.3, 0.4) is 0 Å². The van der Waals surface area contributed by atoms with Crippen LogP contribution >= 0.6 is 23.2 Å². The summed E-state index contributed by atoms with van der Waals surface area (Å²) in [6, 6.07) is 16.1. The third kappa shape index (κ3) is 4.38. The smallest absolute Gasteiger partial charge is 0.229 e. The highest BCUT2D eigenvalue weighted by molar-refractivity contribution is 6.36. The lowest BCUT2D eigenvalue weighted by atomic mass is 10.2. The third-order valence-electron chi connectivity index (χ3n) is 3.32. The molecule has 124 valence electrons. The van der Waals surface area contributed by atoms with Gasteiger partial charge >= 0.3 is 0 Å². The number of hydrogen-bond donors (Lipinski definition) is 2. The van der Waals surface area contributed by atoms with Crippen LogP contribution in [0.1, 0.15) is 11.3 Å². The molecule has 0 amide bonds. The van der Waals surface area contributed by atoms with Crippen molar-refractivity contribution in [3.8, 4) is 6.07 Å². The fourth-order valence-corrected chi connectivity index (χ4v) is 2.63. The summed E-state index contributed by atoms with van der Waals surface area (Å²) in [7, 11) is 0. The van der Waals surface area contributed by atoms with Gasteiger partial charge < -0.3 is 10.6 Å². The number of nitrogens with zero attached hydrogens (tertiary/aromatic N) is 3. The van der Waals surface area contributed by atoms with Crippen LogP contribution < -0.4 is 10.6 Å². The number of nitrogens with one attached hydrogen (secondary N) is 2. The van der Waals surface area contributed by atoms with Crippen LogP contribution in [0.25, 0.3) is 0 Å². The zero-order valence-electron chi connectivity index (χ0n) is 13.2. The molecule has 1 heterocycles. The van der Waals surface area contributed by atoms with E-state index >= 15 is 0 Å². The van der Waals surface area contributed by atoms with Crippen molar-refractivity contribution >= 4 is 46.3 Å². The number of halogens is 2. The van der Waals surface area contributed by atoms with Crippen LogP contribution in [-0.4, -0.2) is 9.97 Å². The van der Waals surface area contributed by atoms with Crippen molar-refractivity contribution < 1.29 is 0 Å². The number of hydrogen-bond acceptors (Lipinski definition) is 5. The van der Waals surface area contributed by atoms with E-state index in [2.05, 4.69) is 26.7 Å². The van der Waals surface area contributed by atoms with Gasteiger partial charge in [0.2, 0.25) is 5.95 Å². The summed E-state index contributed by atoms with van der Waals surface area (Å²) in [6.07, 6.45) is 0. The highest BCUT2D eigenvalue weighted by atomic mass is 35.5. The molecule has 0 bridgehead atoms. The molecule has 1 aromatic heterocycles. The monoisotopic (exact) mass is 369 g/mol. The van der Waals surface area contributed by atoms with Crippen molar-refractivity contribution in [2.75, 3.05) is 10.6 Å². The number of benzene rings is 2. The van der Waals surface area contributed by atoms with Gasteiger partial charge in [0.15, 0.2) is 0 Å². The molecule has 0 aliphatic heterocycles. The van der Waals surface area contributed by atoms with Crippen molar-refractivity contribution in [3.05, 3.63) is 69.8 Å². The topological polar surface area (TPSA) is 73.6 Å². The van der Waals surface area contributed by atoms with Crippen molar-refractivity contribution in [1.29, 1.82) is 5.26 Å². The van der Waals surface area contributed by atoms with Gasteiger partial charge in [-0.3, -0.25) is 0 Å². The number of anilines is 4. The molecule has 7 heteroatoms. The number of aromatic nitrogens is 2. The Bertz CT molecular complexity index is 949. The maximum atomic E-state index is 8.85. The second-order valence-corrected chi connectivity index (χ2v) is 6.13. The maximum Gasteiger partial charge on any atom is 0.229 e. The SMILES string of the molecule is Cc1cc(Nc2ccc(Cl)cc2Cl)nc(Nc2ccc(C#N)cc2)n1. The number of nitriles is 1. The Balaban J connectivity index is 1.83. The number of aryl methyl sites for hydroxylation is 1. The summed E-state index contributed by atoms with van der Waals surface area (Å²) in [4.78, 5) is 8.81. The van der Waals surface area contributed by atoms with E-state index < -0.39 is 0 Å². The quantitative estimate of drug-likeness (QED) is 0.639. The van der Waals surface area contributed by atoms with E-state index in [1.165, 1.54) is 0 Å². The van der Waals surface area contributed by atoms with E-state index in [9.17, 15) is 0 Å². The van der Waals surface area contributed by atoms with Gasteiger partial charge in [-0.2, -0.15) is 10.2 Å². The lowest BCUT2D eigenvalue weighted by molar-refractivity contribution is 1.11. The van der Waals surface area contributed by atoms with E-state index in [1.54, 1.807) is 42.5 Å². The zero-order chi connectivity index (χ0) is 17.8. The largest absolute Gasteiger partial charge is 0.339 e. The molecule has 3 rings (SSSR count). The Labute approximate surface area is 155 Å². The molecule has 0 atom stereocenters. The molecule has 3 aromatic rings. The van der Waals surface area contributed by atoms with E-state index in [1.807, 2.05) is 13.0 Å². The highest BCUT2D eigenvalue weighted by Crippen LogP contribution is 2.28. The van der Waals surface area contributed by atoms with Gasteiger partial charge in [-0.05, 0) is 49.4 Å². The Kier molecular flexibility index (Phi) is 5.03. The summed E-state index contributed by atoms with van der Waals surface area (Å²) < 4.78 is 0. The molecule has 0 unspecified atom stereocenters. The maximum absolute atomic E-state index is 8.85. The summed E-state index contributed by atoms with van der Waals surface area (Å²) >= 11 is 12.1. The van der Waals surface area contributed by atoms with Crippen molar-refractivity contribution in [2.24, 2.45) is 0 Å². The minimum absolute atomic E-state index is 0.442. The molecule has 25 heavy (non-hydrogen) atoms. The first-order chi connectivity index (χ1) is 12.0. The van der Waals surface area contributed by atoms with Gasteiger partial charge in [-0.15, -0.1) is 0 Å². The van der Waals surface area contributed by atoms with E-state index in [-0.39, 0.29) is 0 Å². The standard InChI is InChI=1S/C18H13Cl2N5/c1-11-8-17(24-16-7-4-13(19)9-15(16)20)25-18(22-11)23-14-5-2-12(10-21)3-6-14/h2-9H,1H3,(H2,22,23,24,25). The van der Waals surface area contributed by atoms with Gasteiger partial charge in [-0.1, -0.05) is 23.2 Å². The number of rotatable bonds is 4. The summed E-state index contributed by atoms with van der Waals surface area (Å²) in [5.74, 6) is 1.05. The molecule has 0 spiro atoms. The minimum atomic E-state index is 0.442. The van der Waals surface area contributed by atoms with Crippen LogP contribution in [0.2, 0.25) is 10.0 Å². The van der Waals surface area contributed by atoms with E-state index in [0.717, 1.165) is 11.4 Å². The molecular weight excluding hydrogens is 357 g/mol. The molecule has 0 aliphatic carbocycles. The molecule has 2 aromatic carbocycles. The van der Waals surface area contributed by atoms with Crippen molar-refractivity contribution in [1.82, 2.24) is 9.97 Å². The lowest BCUT2D eigenvalue weighted by Gasteiger charge is -2.11. The molecular formula is C18H13Cl2N5. The van der Waals surface area contributed by atoms with Gasteiger partial charge in [0.25, 0.3) is 0 Å². The van der Waals surface area contributed by atoms with Crippen LogP contribution in [0.4, 0.5) is 23.1 Å². The predicted molar refractivity (Wildman–Crippen MR) is 101 cm³/mol. The first-order valence-electron chi connectivity index (χ1n) is 7.38. The summed E-state index contributed by atoms with van der Waals surface area (Å²) in [5.41, 5.74) is 2.88. The average molecular weight is 370 g/mol. The van der Waals surface area contributed by atoms with E-state index in [0.29, 0.717) is 33.1 Å².